The van der Waals surface area contributed by atoms with Crippen LogP contribution < -0.4 is 16.2 Å². The van der Waals surface area contributed by atoms with Gasteiger partial charge in [0.2, 0.25) is 11.9 Å². The first-order chi connectivity index (χ1) is 8.04. The van der Waals surface area contributed by atoms with E-state index in [2.05, 4.69) is 4.98 Å². The number of rotatable bonds is 3. The van der Waals surface area contributed by atoms with Crippen molar-refractivity contribution in [3.8, 4) is 5.75 Å². The van der Waals surface area contributed by atoms with E-state index in [1.807, 2.05) is 0 Å². The second-order valence-corrected chi connectivity index (χ2v) is 3.77. The minimum absolute atomic E-state index is 0.263. The van der Waals surface area contributed by atoms with Crippen molar-refractivity contribution in [3.63, 3.8) is 0 Å². The van der Waals surface area contributed by atoms with Crippen molar-refractivity contribution >= 4 is 22.9 Å². The van der Waals surface area contributed by atoms with E-state index in [1.54, 1.807) is 36.8 Å². The summed E-state index contributed by atoms with van der Waals surface area (Å²) in [6.07, 6.45) is 0. The molecule has 17 heavy (non-hydrogen) atoms. The maximum Gasteiger partial charge on any atom is 0.240 e. The van der Waals surface area contributed by atoms with Gasteiger partial charge in [-0.3, -0.25) is 9.36 Å². The molecule has 0 radical (unpaired) electrons. The van der Waals surface area contributed by atoms with Crippen molar-refractivity contribution in [2.75, 3.05) is 12.8 Å². The summed E-state index contributed by atoms with van der Waals surface area (Å²) in [5, 5.41) is 0. The first-order valence-electron chi connectivity index (χ1n) is 5.15. The highest BCUT2D eigenvalue weighted by molar-refractivity contribution is 5.85. The van der Waals surface area contributed by atoms with Gasteiger partial charge in [0.1, 0.15) is 11.8 Å². The molecular weight excluding hydrogens is 220 g/mol. The Labute approximate surface area is 98.2 Å². The molecule has 90 valence electrons. The largest absolute Gasteiger partial charge is 0.497 e. The first kappa shape index (κ1) is 11.3. The lowest BCUT2D eigenvalue weighted by Gasteiger charge is -2.12. The quantitative estimate of drug-likeness (QED) is 0.815. The molecule has 0 saturated carbocycles. The molecule has 1 unspecified atom stereocenters. The maximum absolute atomic E-state index is 11.2. The van der Waals surface area contributed by atoms with Gasteiger partial charge < -0.3 is 16.2 Å². The Kier molecular flexibility index (Phi) is 2.63. The summed E-state index contributed by atoms with van der Waals surface area (Å²) in [7, 11) is 1.57. The van der Waals surface area contributed by atoms with Gasteiger partial charge in [0, 0.05) is 6.07 Å². The average molecular weight is 234 g/mol. The molecule has 2 aromatic rings. The maximum atomic E-state index is 11.2. The van der Waals surface area contributed by atoms with Crippen molar-refractivity contribution in [3.05, 3.63) is 18.2 Å². The minimum atomic E-state index is -0.549. The SMILES string of the molecule is COc1ccc2nc(N)n(C(C)C(N)=O)c2c1. The number of amides is 1. The van der Waals surface area contributed by atoms with Crippen LogP contribution in [-0.4, -0.2) is 22.6 Å². The van der Waals surface area contributed by atoms with Crippen molar-refractivity contribution in [2.45, 2.75) is 13.0 Å². The van der Waals surface area contributed by atoms with Crippen molar-refractivity contribution in [1.29, 1.82) is 0 Å². The van der Waals surface area contributed by atoms with Crippen molar-refractivity contribution < 1.29 is 9.53 Å². The number of primary amides is 1. The third kappa shape index (κ3) is 1.77. The molecule has 6 nitrogen and oxygen atoms in total. The van der Waals surface area contributed by atoms with E-state index in [1.165, 1.54) is 0 Å². The van der Waals surface area contributed by atoms with E-state index in [4.69, 9.17) is 16.2 Å². The van der Waals surface area contributed by atoms with E-state index in [9.17, 15) is 4.79 Å². The van der Waals surface area contributed by atoms with Crippen LogP contribution in [0.5, 0.6) is 5.75 Å². The van der Waals surface area contributed by atoms with Gasteiger partial charge in [-0.1, -0.05) is 0 Å². The average Bonchev–Trinajstić information content (AvgIpc) is 2.62. The predicted octanol–water partition coefficient (Wildman–Crippen LogP) is 0.673. The molecule has 1 aromatic carbocycles. The van der Waals surface area contributed by atoms with Crippen LogP contribution >= 0.6 is 0 Å². The number of benzene rings is 1. The topological polar surface area (TPSA) is 96.2 Å². The van der Waals surface area contributed by atoms with E-state index in [0.29, 0.717) is 11.3 Å². The molecule has 6 heteroatoms. The number of anilines is 1. The van der Waals surface area contributed by atoms with Gasteiger partial charge >= 0.3 is 0 Å². The van der Waals surface area contributed by atoms with Gasteiger partial charge in [-0.15, -0.1) is 0 Å². The van der Waals surface area contributed by atoms with E-state index in [0.717, 1.165) is 5.52 Å². The second-order valence-electron chi connectivity index (χ2n) is 3.77. The zero-order valence-corrected chi connectivity index (χ0v) is 9.68. The molecule has 1 aromatic heterocycles. The fraction of sp³-hybridized carbons (Fsp3) is 0.273. The van der Waals surface area contributed by atoms with Crippen LogP contribution in [0.25, 0.3) is 11.0 Å². The Bertz CT molecular complexity index is 576. The number of hydrogen-bond donors (Lipinski definition) is 2. The Hall–Kier alpha value is -2.24. The molecule has 2 rings (SSSR count). The van der Waals surface area contributed by atoms with Crippen molar-refractivity contribution in [2.24, 2.45) is 5.73 Å². The van der Waals surface area contributed by atoms with Gasteiger partial charge in [-0.25, -0.2) is 4.98 Å². The summed E-state index contributed by atoms with van der Waals surface area (Å²) in [5.41, 5.74) is 12.5. The summed E-state index contributed by atoms with van der Waals surface area (Å²) < 4.78 is 6.73. The normalized spacial score (nSPS) is 12.6. The van der Waals surface area contributed by atoms with Gasteiger partial charge in [0.15, 0.2) is 0 Å². The highest BCUT2D eigenvalue weighted by atomic mass is 16.5. The number of nitrogens with zero attached hydrogens (tertiary/aromatic N) is 2. The number of fused-ring (bicyclic) bond motifs is 1. The van der Waals surface area contributed by atoms with Crippen LogP contribution in [0.15, 0.2) is 18.2 Å². The lowest BCUT2D eigenvalue weighted by Crippen LogP contribution is -2.24. The second kappa shape index (κ2) is 3.97. The van der Waals surface area contributed by atoms with Gasteiger partial charge in [0.25, 0.3) is 0 Å². The lowest BCUT2D eigenvalue weighted by atomic mass is 10.2. The number of carbonyl (C=O) groups is 1. The number of hydrogen-bond acceptors (Lipinski definition) is 4. The number of nitrogens with two attached hydrogens (primary N) is 2. The molecule has 0 bridgehead atoms. The van der Waals surface area contributed by atoms with Crippen LogP contribution in [0.4, 0.5) is 5.95 Å². The van der Waals surface area contributed by atoms with Crippen LogP contribution in [-0.2, 0) is 4.79 Å². The summed E-state index contributed by atoms with van der Waals surface area (Å²) >= 11 is 0. The summed E-state index contributed by atoms with van der Waals surface area (Å²) in [6.45, 7) is 1.68. The third-order valence-corrected chi connectivity index (χ3v) is 2.72. The van der Waals surface area contributed by atoms with Crippen LogP contribution in [0.2, 0.25) is 0 Å². The number of methoxy groups -OCH3 is 1. The van der Waals surface area contributed by atoms with Crippen LogP contribution in [0.1, 0.15) is 13.0 Å². The fourth-order valence-corrected chi connectivity index (χ4v) is 1.75. The highest BCUT2D eigenvalue weighted by Gasteiger charge is 2.18. The molecule has 0 saturated heterocycles. The molecule has 0 aliphatic carbocycles. The first-order valence-corrected chi connectivity index (χ1v) is 5.15. The zero-order valence-electron chi connectivity index (χ0n) is 9.68. The molecule has 0 aliphatic heterocycles. The van der Waals surface area contributed by atoms with Gasteiger partial charge in [-0.2, -0.15) is 0 Å². The van der Waals surface area contributed by atoms with E-state index >= 15 is 0 Å². The van der Waals surface area contributed by atoms with Crippen molar-refractivity contribution in [1.82, 2.24) is 9.55 Å². The monoisotopic (exact) mass is 234 g/mol. The third-order valence-electron chi connectivity index (χ3n) is 2.72. The fourth-order valence-electron chi connectivity index (χ4n) is 1.75. The Morgan fingerprint density at radius 1 is 1.53 bits per heavy atom. The smallest absolute Gasteiger partial charge is 0.240 e. The summed E-state index contributed by atoms with van der Waals surface area (Å²) in [5.74, 6) is 0.480. The lowest BCUT2D eigenvalue weighted by molar-refractivity contribution is -0.120. The molecule has 1 heterocycles. The number of nitrogen functional groups attached to an aromatic ring is 1. The molecular formula is C11H14N4O2. The van der Waals surface area contributed by atoms with E-state index in [-0.39, 0.29) is 5.95 Å². The van der Waals surface area contributed by atoms with E-state index < -0.39 is 11.9 Å². The molecule has 0 aliphatic rings. The molecule has 1 atom stereocenters. The Morgan fingerprint density at radius 2 is 2.24 bits per heavy atom. The number of aromatic nitrogens is 2. The molecule has 1 amide bonds. The van der Waals surface area contributed by atoms with Crippen LogP contribution in [0, 0.1) is 0 Å². The Morgan fingerprint density at radius 3 is 2.82 bits per heavy atom. The van der Waals surface area contributed by atoms with Crippen LogP contribution in [0.3, 0.4) is 0 Å². The predicted molar refractivity (Wildman–Crippen MR) is 64.6 cm³/mol. The minimum Gasteiger partial charge on any atom is -0.497 e. The summed E-state index contributed by atoms with van der Waals surface area (Å²) in [4.78, 5) is 15.4. The number of carbonyl (C=O) groups excluding carboxylic acids is 1. The molecule has 0 spiro atoms. The summed E-state index contributed by atoms with van der Waals surface area (Å²) in [6, 6.07) is 4.80. The number of imidazole rings is 1. The van der Waals surface area contributed by atoms with Gasteiger partial charge in [-0.05, 0) is 19.1 Å². The van der Waals surface area contributed by atoms with Gasteiger partial charge in [0.05, 0.1) is 18.1 Å². The molecule has 0 fully saturated rings. The Balaban J connectivity index is 2.68. The molecule has 4 N–H and O–H groups in total. The zero-order chi connectivity index (χ0) is 12.6. The highest BCUT2D eigenvalue weighted by Crippen LogP contribution is 2.26. The number of ether oxygens (including phenoxy) is 1. The standard InChI is InChI=1S/C11H14N4O2/c1-6(10(12)16)15-9-5-7(17-2)3-4-8(9)14-11(15)13/h3-6H,1-2H3,(H2,12,16)(H2,13,14).